The van der Waals surface area contributed by atoms with Crippen molar-refractivity contribution in [3.05, 3.63) is 0 Å². The summed E-state index contributed by atoms with van der Waals surface area (Å²) in [6.07, 6.45) is 7.47. The summed E-state index contributed by atoms with van der Waals surface area (Å²) in [7, 11) is 0. The lowest BCUT2D eigenvalue weighted by Crippen LogP contribution is -2.24. The largest absolute Gasteiger partial charge is 0.390 e. The molecule has 0 saturated heterocycles. The van der Waals surface area contributed by atoms with Crippen molar-refractivity contribution in [3.8, 4) is 11.8 Å². The van der Waals surface area contributed by atoms with Crippen molar-refractivity contribution in [2.24, 2.45) is 71.0 Å². The second-order valence-corrected chi connectivity index (χ2v) is 19.6. The molecule has 0 aliphatic rings. The summed E-state index contributed by atoms with van der Waals surface area (Å²) in [5.41, 5.74) is -1.85. The fourth-order valence-electron chi connectivity index (χ4n) is 8.91. The zero-order chi connectivity index (χ0) is 38.8. The van der Waals surface area contributed by atoms with Crippen LogP contribution in [0.25, 0.3) is 0 Å². The third kappa shape index (κ3) is 28.2. The minimum absolute atomic E-state index is 0.495. The van der Waals surface area contributed by atoms with Crippen molar-refractivity contribution in [3.63, 3.8) is 0 Å². The average Bonchev–Trinajstić information content (AvgIpc) is 2.81. The molecule has 3 nitrogen and oxygen atoms in total. The molecule has 0 bridgehead atoms. The Hall–Kier alpha value is -0.560. The molecule has 0 spiro atoms. The van der Waals surface area contributed by atoms with Gasteiger partial charge in [0.05, 0.1) is 11.2 Å². The summed E-state index contributed by atoms with van der Waals surface area (Å²) in [6.45, 7) is 45.9. The van der Waals surface area contributed by atoms with Gasteiger partial charge in [0.25, 0.3) is 0 Å². The molecule has 3 N–H and O–H groups in total. The van der Waals surface area contributed by atoms with Gasteiger partial charge in [-0.15, -0.1) is 5.92 Å². The van der Waals surface area contributed by atoms with Crippen LogP contribution in [0, 0.1) is 82.9 Å². The molecule has 0 aromatic rings. The molecule has 0 aromatic carbocycles. The Morgan fingerprint density at radius 2 is 0.667 bits per heavy atom. The van der Waals surface area contributed by atoms with Gasteiger partial charge >= 0.3 is 0 Å². The lowest BCUT2D eigenvalue weighted by Gasteiger charge is -2.31. The maximum Gasteiger partial charge on any atom is 0.119 e. The normalized spacial score (nSPS) is 14.9. The van der Waals surface area contributed by atoms with E-state index in [1.165, 1.54) is 12.8 Å². The van der Waals surface area contributed by atoms with Crippen LogP contribution in [-0.4, -0.2) is 32.1 Å². The van der Waals surface area contributed by atoms with Gasteiger partial charge in [0, 0.05) is 6.42 Å². The zero-order valence-electron chi connectivity index (χ0n) is 36.7. The van der Waals surface area contributed by atoms with E-state index in [9.17, 15) is 15.3 Å². The Bertz CT molecular complexity index is 753. The Labute approximate surface area is 304 Å². The van der Waals surface area contributed by atoms with E-state index in [1.807, 2.05) is 27.7 Å². The Morgan fingerprint density at radius 3 is 0.875 bits per heavy atom. The minimum Gasteiger partial charge on any atom is -0.390 e. The molecule has 0 amide bonds. The highest BCUT2D eigenvalue weighted by molar-refractivity contribution is 5.10. The molecule has 2 unspecified atom stereocenters. The van der Waals surface area contributed by atoms with E-state index in [0.29, 0.717) is 23.7 Å². The van der Waals surface area contributed by atoms with E-state index in [1.54, 1.807) is 13.8 Å². The molecule has 0 aliphatic heterocycles. The van der Waals surface area contributed by atoms with Crippen molar-refractivity contribution in [1.29, 1.82) is 0 Å². The lowest BCUT2D eigenvalue weighted by atomic mass is 9.74. The molecule has 290 valence electrons. The van der Waals surface area contributed by atoms with Crippen LogP contribution in [0.5, 0.6) is 0 Å². The van der Waals surface area contributed by atoms with Gasteiger partial charge in [-0.2, -0.15) is 0 Å². The van der Waals surface area contributed by atoms with Crippen LogP contribution in [0.15, 0.2) is 0 Å². The summed E-state index contributed by atoms with van der Waals surface area (Å²) in [4.78, 5) is 0. The Morgan fingerprint density at radius 1 is 0.417 bits per heavy atom. The topological polar surface area (TPSA) is 60.7 Å². The predicted molar refractivity (Wildman–Crippen MR) is 216 cm³/mol. The fraction of sp³-hybridized carbons (Fsp3) is 0.956. The summed E-state index contributed by atoms with van der Waals surface area (Å²) < 4.78 is 0. The van der Waals surface area contributed by atoms with Crippen LogP contribution in [0.2, 0.25) is 0 Å². The SMILES string of the molecule is CC(C)C(C(C)C)C(C)CC#CC(C)(C)O.CC(C)C(C(C)C)C(C)CCCC(C)(C)O.CC(C)C(C(C)C)[C@@H](C)CCCC(C)(C)O. The van der Waals surface area contributed by atoms with Gasteiger partial charge in [0.2, 0.25) is 0 Å². The van der Waals surface area contributed by atoms with E-state index < -0.39 is 16.8 Å². The quantitative estimate of drug-likeness (QED) is 0.126. The van der Waals surface area contributed by atoms with Crippen molar-refractivity contribution in [1.82, 2.24) is 0 Å². The first kappa shape index (κ1) is 51.8. The number of hydrogen-bond donors (Lipinski definition) is 3. The van der Waals surface area contributed by atoms with E-state index in [-0.39, 0.29) is 0 Å². The fourth-order valence-corrected chi connectivity index (χ4v) is 8.91. The molecule has 0 aliphatic carbocycles. The number of aliphatic hydroxyl groups is 3. The summed E-state index contributed by atoms with van der Waals surface area (Å²) in [5, 5.41) is 28.9. The Balaban J connectivity index is -0.000000633. The highest BCUT2D eigenvalue weighted by Gasteiger charge is 2.26. The zero-order valence-corrected chi connectivity index (χ0v) is 36.7. The van der Waals surface area contributed by atoms with E-state index in [4.69, 9.17) is 0 Å². The maximum atomic E-state index is 9.69. The standard InChI is InChI=1S/2C15H32O.C15H28O/c3*1-11(2)14(12(3)4)13(5)9-8-10-15(6,7)16/h2*11-14,16H,8-10H2,1-7H3;11-14,16H,9H2,1-7H3/t13-;;/m0../s1. The van der Waals surface area contributed by atoms with Crippen molar-refractivity contribution >= 4 is 0 Å². The van der Waals surface area contributed by atoms with Gasteiger partial charge in [-0.25, -0.2) is 0 Å². The molecule has 0 rings (SSSR count). The first-order valence-electron chi connectivity index (χ1n) is 20.1. The van der Waals surface area contributed by atoms with Crippen LogP contribution in [0.4, 0.5) is 0 Å². The first-order chi connectivity index (χ1) is 21.4. The van der Waals surface area contributed by atoms with Crippen LogP contribution in [-0.2, 0) is 0 Å². The second kappa shape index (κ2) is 24.6. The summed E-state index contributed by atoms with van der Waals surface area (Å²) in [5.74, 6) is 14.9. The number of hydrogen-bond acceptors (Lipinski definition) is 3. The predicted octanol–water partition coefficient (Wildman–Crippen LogP) is 12.7. The molecule has 0 saturated carbocycles. The maximum absolute atomic E-state index is 9.69. The molecule has 0 radical (unpaired) electrons. The van der Waals surface area contributed by atoms with Crippen LogP contribution >= 0.6 is 0 Å². The summed E-state index contributed by atoms with van der Waals surface area (Å²) in [6, 6.07) is 0. The Kier molecular flexibility index (Phi) is 26.5. The molecular formula is C45H92O3. The van der Waals surface area contributed by atoms with E-state index in [0.717, 1.165) is 79.4 Å². The molecule has 0 heterocycles. The van der Waals surface area contributed by atoms with E-state index >= 15 is 0 Å². The molecule has 0 fully saturated rings. The second-order valence-electron chi connectivity index (χ2n) is 19.6. The molecule has 3 atom stereocenters. The van der Waals surface area contributed by atoms with Crippen LogP contribution in [0.1, 0.15) is 190 Å². The summed E-state index contributed by atoms with van der Waals surface area (Å²) >= 11 is 0. The molecular weight excluding hydrogens is 588 g/mol. The smallest absolute Gasteiger partial charge is 0.119 e. The van der Waals surface area contributed by atoms with Gasteiger partial charge in [-0.05, 0) is 125 Å². The third-order valence-electron chi connectivity index (χ3n) is 10.3. The van der Waals surface area contributed by atoms with Gasteiger partial charge in [-0.1, -0.05) is 135 Å². The lowest BCUT2D eigenvalue weighted by molar-refractivity contribution is 0.0636. The van der Waals surface area contributed by atoms with Gasteiger partial charge in [0.1, 0.15) is 5.60 Å². The van der Waals surface area contributed by atoms with Crippen molar-refractivity contribution < 1.29 is 15.3 Å². The molecule has 3 heteroatoms. The molecule has 48 heavy (non-hydrogen) atoms. The van der Waals surface area contributed by atoms with E-state index in [2.05, 4.69) is 116 Å². The van der Waals surface area contributed by atoms with Crippen molar-refractivity contribution in [2.45, 2.75) is 207 Å². The van der Waals surface area contributed by atoms with Gasteiger partial charge in [0.15, 0.2) is 0 Å². The van der Waals surface area contributed by atoms with Gasteiger partial charge < -0.3 is 15.3 Å². The number of rotatable bonds is 18. The van der Waals surface area contributed by atoms with Crippen molar-refractivity contribution in [2.75, 3.05) is 0 Å². The molecule has 0 aromatic heterocycles. The van der Waals surface area contributed by atoms with Crippen LogP contribution < -0.4 is 0 Å². The highest BCUT2D eigenvalue weighted by Crippen LogP contribution is 2.34. The van der Waals surface area contributed by atoms with Gasteiger partial charge in [-0.3, -0.25) is 0 Å². The van der Waals surface area contributed by atoms with Crippen LogP contribution in [0.3, 0.4) is 0 Å². The monoisotopic (exact) mass is 681 g/mol. The highest BCUT2D eigenvalue weighted by atomic mass is 16.3. The third-order valence-corrected chi connectivity index (χ3v) is 10.3. The first-order valence-corrected chi connectivity index (χ1v) is 20.1. The average molecular weight is 681 g/mol. The minimum atomic E-state index is -0.856.